The molecule has 0 N–H and O–H groups in total. The Bertz CT molecular complexity index is 1070. The lowest BCUT2D eigenvalue weighted by Crippen LogP contribution is -2.14. The van der Waals surface area contributed by atoms with Gasteiger partial charge in [-0.1, -0.05) is 0 Å². The van der Waals surface area contributed by atoms with Crippen LogP contribution in [-0.2, 0) is 0 Å². The van der Waals surface area contributed by atoms with Gasteiger partial charge in [-0.05, 0) is 0 Å². The lowest BCUT2D eigenvalue weighted by Gasteiger charge is -2.15. The van der Waals surface area contributed by atoms with Crippen molar-refractivity contribution in [3.8, 4) is 42.5 Å². The molecule has 6 rings (SSSR count). The van der Waals surface area contributed by atoms with Crippen LogP contribution in [0.5, 0.6) is 23.0 Å². The molecular formula is C18H12N2O4S3. The minimum Gasteiger partial charge on any atom is -0.485 e. The first-order valence-corrected chi connectivity index (χ1v) is 11.0. The Morgan fingerprint density at radius 1 is 0.630 bits per heavy atom. The molecule has 4 aromatic rings. The van der Waals surface area contributed by atoms with Gasteiger partial charge in [-0.3, -0.25) is 9.97 Å². The molecule has 2 aliphatic rings. The fourth-order valence-corrected chi connectivity index (χ4v) is 6.56. The number of ether oxygens (including phenoxy) is 4. The average molecular weight is 417 g/mol. The largest absolute Gasteiger partial charge is 0.485 e. The van der Waals surface area contributed by atoms with Crippen molar-refractivity contribution in [2.75, 3.05) is 26.4 Å². The molecule has 6 heterocycles. The Morgan fingerprint density at radius 3 is 1.63 bits per heavy atom. The molecule has 9 heteroatoms. The maximum atomic E-state index is 5.89. The zero-order chi connectivity index (χ0) is 17.8. The van der Waals surface area contributed by atoms with Crippen LogP contribution in [0.3, 0.4) is 0 Å². The molecule has 27 heavy (non-hydrogen) atoms. The van der Waals surface area contributed by atoms with Crippen LogP contribution in [0.4, 0.5) is 0 Å². The summed E-state index contributed by atoms with van der Waals surface area (Å²) in [4.78, 5) is 13.4. The minimum absolute atomic E-state index is 0.558. The van der Waals surface area contributed by atoms with E-state index in [1.54, 1.807) is 46.4 Å². The van der Waals surface area contributed by atoms with E-state index in [0.717, 1.165) is 53.5 Å². The highest BCUT2D eigenvalue weighted by Crippen LogP contribution is 2.55. The van der Waals surface area contributed by atoms with Crippen molar-refractivity contribution in [2.45, 2.75) is 0 Å². The van der Waals surface area contributed by atoms with E-state index in [-0.39, 0.29) is 0 Å². The van der Waals surface area contributed by atoms with Gasteiger partial charge in [-0.15, -0.1) is 34.0 Å². The first-order valence-electron chi connectivity index (χ1n) is 8.38. The van der Waals surface area contributed by atoms with E-state index in [1.807, 2.05) is 10.8 Å². The van der Waals surface area contributed by atoms with Gasteiger partial charge in [0.25, 0.3) is 0 Å². The van der Waals surface area contributed by atoms with Gasteiger partial charge >= 0.3 is 0 Å². The summed E-state index contributed by atoms with van der Waals surface area (Å²) < 4.78 is 23.2. The molecule has 0 fully saturated rings. The highest BCUT2D eigenvalue weighted by Gasteiger charge is 2.28. The summed E-state index contributed by atoms with van der Waals surface area (Å²) in [5.41, 5.74) is 1.74. The smallest absolute Gasteiger partial charge is 0.180 e. The van der Waals surface area contributed by atoms with Crippen LogP contribution in [0, 0.1) is 0 Å². The summed E-state index contributed by atoms with van der Waals surface area (Å²) in [6.07, 6.45) is 3.45. The fourth-order valence-electron chi connectivity index (χ4n) is 3.22. The molecule has 0 bridgehead atoms. The van der Waals surface area contributed by atoms with Crippen LogP contribution in [0.15, 0.2) is 23.2 Å². The first-order chi connectivity index (χ1) is 13.4. The maximum absolute atomic E-state index is 5.89. The summed E-state index contributed by atoms with van der Waals surface area (Å²) >= 11 is 4.88. The van der Waals surface area contributed by atoms with Gasteiger partial charge in [0.2, 0.25) is 0 Å². The second-order valence-corrected chi connectivity index (χ2v) is 8.70. The van der Waals surface area contributed by atoms with E-state index >= 15 is 0 Å². The SMILES string of the molecule is c1cnc2c(-c3scc4c3OCCO4)sc(-c3scc4c3OCCO4)c2n1. The Hall–Kier alpha value is -2.36. The van der Waals surface area contributed by atoms with Crippen LogP contribution in [0.2, 0.25) is 0 Å². The van der Waals surface area contributed by atoms with Crippen molar-refractivity contribution in [1.29, 1.82) is 0 Å². The quantitative estimate of drug-likeness (QED) is 0.472. The van der Waals surface area contributed by atoms with E-state index in [4.69, 9.17) is 18.9 Å². The molecule has 4 aromatic heterocycles. The Kier molecular flexibility index (Phi) is 3.53. The minimum atomic E-state index is 0.558. The zero-order valence-electron chi connectivity index (χ0n) is 13.9. The van der Waals surface area contributed by atoms with Crippen molar-refractivity contribution in [2.24, 2.45) is 0 Å². The van der Waals surface area contributed by atoms with Crippen molar-refractivity contribution >= 4 is 45.0 Å². The van der Waals surface area contributed by atoms with Crippen LogP contribution < -0.4 is 18.9 Å². The summed E-state index contributed by atoms with van der Waals surface area (Å²) in [7, 11) is 0. The molecule has 0 unspecified atom stereocenters. The molecule has 0 aromatic carbocycles. The third-order valence-corrected chi connectivity index (χ3v) is 7.72. The predicted molar refractivity (Wildman–Crippen MR) is 106 cm³/mol. The molecule has 6 nitrogen and oxygen atoms in total. The molecular weight excluding hydrogens is 404 g/mol. The normalized spacial score (nSPS) is 15.3. The number of rotatable bonds is 2. The van der Waals surface area contributed by atoms with Crippen LogP contribution >= 0.6 is 34.0 Å². The van der Waals surface area contributed by atoms with Gasteiger partial charge in [-0.2, -0.15) is 0 Å². The molecule has 0 spiro atoms. The fraction of sp³-hybridized carbons (Fsp3) is 0.222. The number of thiophene rings is 3. The van der Waals surface area contributed by atoms with E-state index in [9.17, 15) is 0 Å². The van der Waals surface area contributed by atoms with Crippen molar-refractivity contribution in [3.63, 3.8) is 0 Å². The van der Waals surface area contributed by atoms with E-state index in [0.29, 0.717) is 26.4 Å². The van der Waals surface area contributed by atoms with Crippen molar-refractivity contribution < 1.29 is 18.9 Å². The third kappa shape index (κ3) is 2.35. The second-order valence-electron chi connectivity index (χ2n) is 5.92. The van der Waals surface area contributed by atoms with Crippen LogP contribution in [0.1, 0.15) is 0 Å². The highest BCUT2D eigenvalue weighted by atomic mass is 32.1. The third-order valence-electron chi connectivity index (χ3n) is 4.35. The molecule has 0 aliphatic carbocycles. The Balaban J connectivity index is 1.58. The monoisotopic (exact) mass is 416 g/mol. The predicted octanol–water partition coefficient (Wildman–Crippen LogP) is 4.69. The molecule has 0 atom stereocenters. The van der Waals surface area contributed by atoms with Gasteiger partial charge in [-0.25, -0.2) is 0 Å². The summed E-state index contributed by atoms with van der Waals surface area (Å²) in [5, 5.41) is 3.99. The summed E-state index contributed by atoms with van der Waals surface area (Å²) in [6, 6.07) is 0. The van der Waals surface area contributed by atoms with Gasteiger partial charge < -0.3 is 18.9 Å². The van der Waals surface area contributed by atoms with E-state index in [2.05, 4.69) is 9.97 Å². The Morgan fingerprint density at radius 2 is 1.11 bits per heavy atom. The van der Waals surface area contributed by atoms with Gasteiger partial charge in [0, 0.05) is 23.2 Å². The second kappa shape index (κ2) is 6.08. The van der Waals surface area contributed by atoms with Gasteiger partial charge in [0.15, 0.2) is 23.0 Å². The van der Waals surface area contributed by atoms with Crippen molar-refractivity contribution in [3.05, 3.63) is 23.2 Å². The number of aromatic nitrogens is 2. The summed E-state index contributed by atoms with van der Waals surface area (Å²) in [6.45, 7) is 2.28. The number of hydrogen-bond donors (Lipinski definition) is 0. The number of nitrogens with zero attached hydrogens (tertiary/aromatic N) is 2. The average Bonchev–Trinajstić information content (AvgIpc) is 3.42. The highest BCUT2D eigenvalue weighted by molar-refractivity contribution is 7.27. The first kappa shape index (κ1) is 15.7. The number of hydrogen-bond acceptors (Lipinski definition) is 9. The van der Waals surface area contributed by atoms with Crippen LogP contribution in [0.25, 0.3) is 30.5 Å². The standard InChI is InChI=1S/C18H12N2O4S3/c1-2-20-12-11(19-1)15(17-13-9(7-25-17)21-3-5-23-13)27-16(12)18-14-10(8-26-18)22-4-6-24-14/h1-2,7-8H,3-6H2. The van der Waals surface area contributed by atoms with E-state index < -0.39 is 0 Å². The molecule has 0 saturated heterocycles. The zero-order valence-corrected chi connectivity index (χ0v) is 16.3. The maximum Gasteiger partial charge on any atom is 0.180 e. The van der Waals surface area contributed by atoms with Gasteiger partial charge in [0.05, 0.1) is 19.5 Å². The molecule has 2 aliphatic heterocycles. The van der Waals surface area contributed by atoms with Crippen molar-refractivity contribution in [1.82, 2.24) is 9.97 Å². The molecule has 0 saturated carbocycles. The Labute approximate surface area is 165 Å². The lowest BCUT2D eigenvalue weighted by molar-refractivity contribution is 0.174. The topological polar surface area (TPSA) is 62.7 Å². The summed E-state index contributed by atoms with van der Waals surface area (Å²) in [5.74, 6) is 3.22. The molecule has 136 valence electrons. The molecule has 0 radical (unpaired) electrons. The number of fused-ring (bicyclic) bond motifs is 3. The lowest BCUT2D eigenvalue weighted by atomic mass is 10.2. The molecule has 0 amide bonds. The van der Waals surface area contributed by atoms with Crippen LogP contribution in [-0.4, -0.2) is 36.4 Å². The van der Waals surface area contributed by atoms with Gasteiger partial charge in [0.1, 0.15) is 37.5 Å². The van der Waals surface area contributed by atoms with E-state index in [1.165, 1.54) is 0 Å².